The van der Waals surface area contributed by atoms with Gasteiger partial charge in [-0.05, 0) is 139 Å². The molecule has 4 aromatic rings. The number of rotatable bonds is 18. The fourth-order valence-corrected chi connectivity index (χ4v) is 8.37. The zero-order valence-electron chi connectivity index (χ0n) is 41.2. The second kappa shape index (κ2) is 22.1. The van der Waals surface area contributed by atoms with Gasteiger partial charge in [0.25, 0.3) is 11.8 Å². The first-order valence-corrected chi connectivity index (χ1v) is 23.4. The molecule has 2 heterocycles. The number of hydrogen-bond acceptors (Lipinski definition) is 11. The number of ether oxygens (including phenoxy) is 5. The van der Waals surface area contributed by atoms with Gasteiger partial charge in [0.2, 0.25) is 0 Å². The molecule has 15 heteroatoms. The number of fused-ring (bicyclic) bond motifs is 2. The Labute approximate surface area is 406 Å². The fraction of sp³-hybridized carbons (Fsp3) is 0.407. The molecule has 0 saturated heterocycles. The van der Waals surface area contributed by atoms with E-state index in [1.165, 1.54) is 0 Å². The van der Waals surface area contributed by atoms with Gasteiger partial charge in [0, 0.05) is 25.9 Å². The van der Waals surface area contributed by atoms with Crippen LogP contribution in [-0.4, -0.2) is 73.6 Å². The molecule has 0 radical (unpaired) electrons. The summed E-state index contributed by atoms with van der Waals surface area (Å²) in [6.07, 6.45) is 4.58. The largest absolute Gasteiger partial charge is 0.497 e. The van der Waals surface area contributed by atoms with Gasteiger partial charge in [-0.2, -0.15) is 0 Å². The molecule has 2 atom stereocenters. The number of nitrogens with one attached hydrogen (secondary N) is 2. The quantitative estimate of drug-likeness (QED) is 0.0700. The van der Waals surface area contributed by atoms with Crippen LogP contribution in [-0.2, 0) is 49.5 Å². The minimum absolute atomic E-state index is 0.193. The lowest BCUT2D eigenvalue weighted by Gasteiger charge is -2.37. The number of carbonyl (C=O) groups excluding carboxylic acids is 4. The van der Waals surface area contributed by atoms with Crippen LogP contribution in [0.4, 0.5) is 21.0 Å². The second-order valence-corrected chi connectivity index (χ2v) is 19.7. The van der Waals surface area contributed by atoms with Crippen molar-refractivity contribution in [1.82, 2.24) is 10.6 Å². The molecule has 2 aliphatic heterocycles. The minimum atomic E-state index is -1.43. The third kappa shape index (κ3) is 14.1. The molecule has 4 aromatic carbocycles. The number of anilines is 2. The van der Waals surface area contributed by atoms with E-state index in [0.717, 1.165) is 22.3 Å². The van der Waals surface area contributed by atoms with E-state index in [4.69, 9.17) is 35.2 Å². The van der Waals surface area contributed by atoms with Crippen molar-refractivity contribution in [2.45, 2.75) is 115 Å². The number of hydrogen-bond donors (Lipinski definition) is 4. The van der Waals surface area contributed by atoms with Crippen LogP contribution in [0, 0.1) is 0 Å². The van der Waals surface area contributed by atoms with Crippen LogP contribution in [0.5, 0.6) is 11.5 Å². The Morgan fingerprint density at radius 1 is 0.551 bits per heavy atom. The third-order valence-electron chi connectivity index (χ3n) is 11.6. The van der Waals surface area contributed by atoms with Gasteiger partial charge < -0.3 is 45.8 Å². The summed E-state index contributed by atoms with van der Waals surface area (Å²) in [7, 11) is 3.18. The Hall–Kier alpha value is -6.84. The third-order valence-corrected chi connectivity index (χ3v) is 11.6. The molecule has 0 saturated carbocycles. The number of para-hydroxylation sites is 2. The molecule has 0 bridgehead atoms. The summed E-state index contributed by atoms with van der Waals surface area (Å²) in [4.78, 5) is 58.4. The van der Waals surface area contributed by atoms with Gasteiger partial charge in [-0.3, -0.25) is 19.4 Å². The van der Waals surface area contributed by atoms with E-state index in [9.17, 15) is 9.59 Å². The first kappa shape index (κ1) is 51.5. The average molecular weight is 945 g/mol. The first-order chi connectivity index (χ1) is 32.7. The number of allylic oxidation sites excluding steroid dienone is 2. The number of methoxy groups -OCH3 is 2. The topological polar surface area (TPSA) is 197 Å². The van der Waals surface area contributed by atoms with Gasteiger partial charge in [-0.1, -0.05) is 60.7 Å². The monoisotopic (exact) mass is 945 g/mol. The van der Waals surface area contributed by atoms with Crippen LogP contribution in [0.1, 0.15) is 89.5 Å². The predicted molar refractivity (Wildman–Crippen MR) is 267 cm³/mol. The predicted octanol–water partition coefficient (Wildman–Crippen LogP) is 8.37. The molecule has 69 heavy (non-hydrogen) atoms. The minimum Gasteiger partial charge on any atom is -0.497 e. The van der Waals surface area contributed by atoms with E-state index >= 15 is 9.59 Å². The molecule has 4 amide bonds. The van der Waals surface area contributed by atoms with Crippen molar-refractivity contribution in [1.29, 1.82) is 0 Å². The van der Waals surface area contributed by atoms with Crippen LogP contribution in [0.3, 0.4) is 0 Å². The van der Waals surface area contributed by atoms with Gasteiger partial charge in [-0.15, -0.1) is 0 Å². The molecular formula is C54H68N6O9. The highest BCUT2D eigenvalue weighted by atomic mass is 16.6. The van der Waals surface area contributed by atoms with Crippen molar-refractivity contribution < 1.29 is 42.9 Å². The molecule has 6 rings (SSSR count). The van der Waals surface area contributed by atoms with Gasteiger partial charge in [0.1, 0.15) is 45.3 Å². The molecule has 0 aliphatic carbocycles. The van der Waals surface area contributed by atoms with Crippen LogP contribution in [0.15, 0.2) is 121 Å². The van der Waals surface area contributed by atoms with E-state index in [1.54, 1.807) is 78.0 Å². The molecule has 2 aliphatic rings. The molecule has 0 unspecified atom stereocenters. The summed E-state index contributed by atoms with van der Waals surface area (Å²) < 4.78 is 28.4. The fourth-order valence-electron chi connectivity index (χ4n) is 8.37. The Morgan fingerprint density at radius 3 is 1.26 bits per heavy atom. The maximum atomic E-state index is 15.1. The summed E-state index contributed by atoms with van der Waals surface area (Å²) in [6.45, 7) is 11.2. The summed E-state index contributed by atoms with van der Waals surface area (Å²) in [6, 6.07) is 30.0. The molecule has 0 spiro atoms. The van der Waals surface area contributed by atoms with Gasteiger partial charge >= 0.3 is 12.2 Å². The molecule has 15 nitrogen and oxygen atoms in total. The van der Waals surface area contributed by atoms with E-state index in [0.29, 0.717) is 60.1 Å². The lowest BCUT2D eigenvalue weighted by Crippen LogP contribution is -2.57. The first-order valence-electron chi connectivity index (χ1n) is 23.4. The van der Waals surface area contributed by atoms with E-state index in [-0.39, 0.29) is 50.6 Å². The van der Waals surface area contributed by atoms with E-state index in [1.807, 2.05) is 97.1 Å². The Bertz CT molecular complexity index is 2340. The van der Waals surface area contributed by atoms with Crippen LogP contribution in [0.2, 0.25) is 0 Å². The molecular weight excluding hydrogens is 877 g/mol. The average Bonchev–Trinajstić information content (AvgIpc) is 3.30. The van der Waals surface area contributed by atoms with Gasteiger partial charge in [0.05, 0.1) is 38.0 Å². The van der Waals surface area contributed by atoms with E-state index in [2.05, 4.69) is 10.6 Å². The number of nitrogens with zero attached hydrogens (tertiary/aromatic N) is 2. The van der Waals surface area contributed by atoms with Gasteiger partial charge in [-0.25, -0.2) is 9.59 Å². The van der Waals surface area contributed by atoms with Gasteiger partial charge in [0.15, 0.2) is 0 Å². The van der Waals surface area contributed by atoms with Crippen molar-refractivity contribution in [2.75, 3.05) is 37.1 Å². The molecule has 6 N–H and O–H groups in total. The number of nitrogens with two attached hydrogens (primary N) is 2. The van der Waals surface area contributed by atoms with Crippen molar-refractivity contribution in [3.8, 4) is 11.5 Å². The number of alkyl carbamates (subject to hydrolysis) is 2. The number of benzene rings is 4. The SMILES string of the molecule is COc1ccc(C[C@](N)(CCCNC(=O)OC(C)(C)C)C(=O)N2C=C(OC3=CN(C(=O)[C@@](N)(CCCNC(=O)OC(C)(C)C)Cc4ccc(OC)cc4)c4ccccc4C3)Cc3ccccc32)cc1. The normalized spacial score (nSPS) is 15.2. The highest BCUT2D eigenvalue weighted by Gasteiger charge is 2.41. The summed E-state index contributed by atoms with van der Waals surface area (Å²) >= 11 is 0. The highest BCUT2D eigenvalue weighted by Crippen LogP contribution is 2.37. The summed E-state index contributed by atoms with van der Waals surface area (Å²) in [5.74, 6) is 1.54. The standard InChI is InChI=1S/C54H68N6O9/c1-51(2,3)68-49(63)57-29-13-27-53(55,33-37-19-23-41(65-7)24-20-37)47(61)59-35-43(31-39-15-9-11-17-45(39)59)67-44-32-40-16-10-12-18-46(40)60(36-44)48(62)54(56,34-38-21-25-42(66-8)26-22-38)28-14-30-58-50(64)69-52(4,5)6/h9-12,15-26,35-36H,13-14,27-34,55-56H2,1-8H3,(H,57,63)(H,58,64)/t53-,54-/m1/s1. The smallest absolute Gasteiger partial charge is 0.407 e. The van der Waals surface area contributed by atoms with Crippen molar-refractivity contribution in [2.24, 2.45) is 11.5 Å². The maximum Gasteiger partial charge on any atom is 0.407 e. The van der Waals surface area contributed by atoms with Crippen molar-refractivity contribution >= 4 is 35.4 Å². The number of amides is 4. The second-order valence-electron chi connectivity index (χ2n) is 19.7. The zero-order chi connectivity index (χ0) is 50.0. The number of carbonyl (C=O) groups is 4. The zero-order valence-corrected chi connectivity index (χ0v) is 41.2. The highest BCUT2D eigenvalue weighted by molar-refractivity contribution is 6.04. The van der Waals surface area contributed by atoms with Crippen LogP contribution >= 0.6 is 0 Å². The maximum absolute atomic E-state index is 15.1. The Balaban J connectivity index is 1.30. The van der Waals surface area contributed by atoms with Crippen molar-refractivity contribution in [3.05, 3.63) is 143 Å². The Morgan fingerprint density at radius 2 is 0.913 bits per heavy atom. The van der Waals surface area contributed by atoms with Crippen LogP contribution in [0.25, 0.3) is 0 Å². The lowest BCUT2D eigenvalue weighted by molar-refractivity contribution is -0.124. The lowest BCUT2D eigenvalue weighted by atomic mass is 9.85. The molecule has 0 aromatic heterocycles. The Kier molecular flexibility index (Phi) is 16.5. The van der Waals surface area contributed by atoms with Crippen molar-refractivity contribution in [3.63, 3.8) is 0 Å². The van der Waals surface area contributed by atoms with E-state index < -0.39 is 34.5 Å². The summed E-state index contributed by atoms with van der Waals surface area (Å²) in [5.41, 5.74) is 15.0. The van der Waals surface area contributed by atoms with Crippen LogP contribution < -0.4 is 41.4 Å². The summed E-state index contributed by atoms with van der Waals surface area (Å²) in [5, 5.41) is 5.58. The molecule has 0 fully saturated rings. The molecule has 368 valence electrons.